The molecule has 3 nitrogen and oxygen atoms in total. The molecule has 0 radical (unpaired) electrons. The molecule has 3 heteroatoms. The predicted molar refractivity (Wildman–Crippen MR) is 71.7 cm³/mol. The van der Waals surface area contributed by atoms with Gasteiger partial charge in [-0.2, -0.15) is 5.26 Å². The van der Waals surface area contributed by atoms with E-state index in [1.165, 1.54) is 32.4 Å². The topological polar surface area (TPSA) is 36.3 Å². The van der Waals surface area contributed by atoms with Crippen LogP contribution in [0.2, 0.25) is 0 Å². The summed E-state index contributed by atoms with van der Waals surface area (Å²) in [5.41, 5.74) is 1.70. The molecule has 0 bridgehead atoms. The van der Waals surface area contributed by atoms with Gasteiger partial charge in [0.15, 0.2) is 0 Å². The highest BCUT2D eigenvalue weighted by Gasteiger charge is 2.09. The number of benzene rings is 1. The first-order chi connectivity index (χ1) is 8.79. The van der Waals surface area contributed by atoms with Crippen molar-refractivity contribution in [3.05, 3.63) is 29.3 Å². The first-order valence-corrected chi connectivity index (χ1v) is 6.65. The third kappa shape index (κ3) is 3.48. The molecule has 0 aromatic heterocycles. The number of likely N-dealkylation sites (tertiary alicyclic amines) is 1. The van der Waals surface area contributed by atoms with E-state index in [2.05, 4.69) is 11.0 Å². The monoisotopic (exact) mass is 244 g/mol. The SMILES string of the molecule is Cc1cc(OCCN2CCCCC2)ccc1C#N. The van der Waals surface area contributed by atoms with Crippen molar-refractivity contribution in [2.45, 2.75) is 26.2 Å². The summed E-state index contributed by atoms with van der Waals surface area (Å²) in [7, 11) is 0. The normalized spacial score (nSPS) is 16.2. The lowest BCUT2D eigenvalue weighted by molar-refractivity contribution is 0.183. The van der Waals surface area contributed by atoms with Crippen molar-refractivity contribution in [2.24, 2.45) is 0 Å². The summed E-state index contributed by atoms with van der Waals surface area (Å²) in [6, 6.07) is 7.81. The molecule has 2 rings (SSSR count). The second-order valence-corrected chi connectivity index (χ2v) is 4.84. The lowest BCUT2D eigenvalue weighted by Gasteiger charge is -2.26. The van der Waals surface area contributed by atoms with Crippen LogP contribution in [-0.4, -0.2) is 31.1 Å². The summed E-state index contributed by atoms with van der Waals surface area (Å²) in [6.45, 7) is 6.08. The molecule has 1 aromatic carbocycles. The Morgan fingerprint density at radius 3 is 2.72 bits per heavy atom. The van der Waals surface area contributed by atoms with E-state index in [1.54, 1.807) is 0 Å². The summed E-state index contributed by atoms with van der Waals surface area (Å²) in [6.07, 6.45) is 4.00. The van der Waals surface area contributed by atoms with E-state index >= 15 is 0 Å². The minimum Gasteiger partial charge on any atom is -0.492 e. The molecular formula is C15H20N2O. The molecule has 1 aliphatic rings. The first-order valence-electron chi connectivity index (χ1n) is 6.65. The fraction of sp³-hybridized carbons (Fsp3) is 0.533. The fourth-order valence-electron chi connectivity index (χ4n) is 2.33. The smallest absolute Gasteiger partial charge is 0.119 e. The Kier molecular flexibility index (Phi) is 4.60. The molecule has 0 atom stereocenters. The Balaban J connectivity index is 1.79. The van der Waals surface area contributed by atoms with Gasteiger partial charge in [-0.1, -0.05) is 6.42 Å². The van der Waals surface area contributed by atoms with Gasteiger partial charge in [0.1, 0.15) is 12.4 Å². The molecule has 0 spiro atoms. The van der Waals surface area contributed by atoms with E-state index in [1.807, 2.05) is 25.1 Å². The number of aryl methyl sites for hydroxylation is 1. The van der Waals surface area contributed by atoms with Crippen LogP contribution >= 0.6 is 0 Å². The standard InChI is InChI=1S/C15H20N2O/c1-13-11-15(6-5-14(13)12-16)18-10-9-17-7-3-2-4-8-17/h5-6,11H,2-4,7-10H2,1H3. The summed E-state index contributed by atoms with van der Waals surface area (Å²) >= 11 is 0. The Hall–Kier alpha value is -1.53. The molecule has 18 heavy (non-hydrogen) atoms. The molecular weight excluding hydrogens is 224 g/mol. The highest BCUT2D eigenvalue weighted by molar-refractivity contribution is 5.41. The molecule has 0 unspecified atom stereocenters. The van der Waals surface area contributed by atoms with Gasteiger partial charge in [0.05, 0.1) is 11.6 Å². The second-order valence-electron chi connectivity index (χ2n) is 4.84. The third-order valence-corrected chi connectivity index (χ3v) is 3.44. The molecule has 0 saturated carbocycles. The van der Waals surface area contributed by atoms with Crippen LogP contribution in [0.3, 0.4) is 0 Å². The van der Waals surface area contributed by atoms with Crippen LogP contribution in [0.1, 0.15) is 30.4 Å². The zero-order valence-electron chi connectivity index (χ0n) is 11.0. The van der Waals surface area contributed by atoms with Crippen LogP contribution in [0.15, 0.2) is 18.2 Å². The average Bonchev–Trinajstić information content (AvgIpc) is 2.40. The Labute approximate surface area is 109 Å². The van der Waals surface area contributed by atoms with Crippen molar-refractivity contribution in [2.75, 3.05) is 26.2 Å². The molecule has 0 aliphatic carbocycles. The van der Waals surface area contributed by atoms with Crippen molar-refractivity contribution >= 4 is 0 Å². The number of ether oxygens (including phenoxy) is 1. The highest BCUT2D eigenvalue weighted by atomic mass is 16.5. The molecule has 1 fully saturated rings. The Morgan fingerprint density at radius 1 is 1.28 bits per heavy atom. The minimum atomic E-state index is 0.721. The molecule has 1 aromatic rings. The van der Waals surface area contributed by atoms with E-state index in [0.717, 1.165) is 30.0 Å². The van der Waals surface area contributed by atoms with Gasteiger partial charge in [0, 0.05) is 6.54 Å². The van der Waals surface area contributed by atoms with Crippen LogP contribution < -0.4 is 4.74 Å². The maximum atomic E-state index is 8.86. The summed E-state index contributed by atoms with van der Waals surface area (Å²) in [5, 5.41) is 8.86. The summed E-state index contributed by atoms with van der Waals surface area (Å²) in [5.74, 6) is 0.864. The van der Waals surface area contributed by atoms with E-state index < -0.39 is 0 Å². The van der Waals surface area contributed by atoms with Gasteiger partial charge < -0.3 is 4.74 Å². The van der Waals surface area contributed by atoms with Crippen molar-refractivity contribution in [3.8, 4) is 11.8 Å². The van der Waals surface area contributed by atoms with E-state index in [0.29, 0.717) is 0 Å². The van der Waals surface area contributed by atoms with Gasteiger partial charge in [-0.3, -0.25) is 4.90 Å². The van der Waals surface area contributed by atoms with Crippen molar-refractivity contribution < 1.29 is 4.74 Å². The van der Waals surface area contributed by atoms with Crippen LogP contribution in [0.5, 0.6) is 5.75 Å². The van der Waals surface area contributed by atoms with Crippen molar-refractivity contribution in [1.29, 1.82) is 5.26 Å². The maximum Gasteiger partial charge on any atom is 0.119 e. The number of hydrogen-bond donors (Lipinski definition) is 0. The van der Waals surface area contributed by atoms with E-state index in [-0.39, 0.29) is 0 Å². The maximum absolute atomic E-state index is 8.86. The predicted octanol–water partition coefficient (Wildman–Crippen LogP) is 2.73. The number of piperidine rings is 1. The minimum absolute atomic E-state index is 0.721. The lowest BCUT2D eigenvalue weighted by atomic mass is 10.1. The number of rotatable bonds is 4. The quantitative estimate of drug-likeness (QED) is 0.817. The number of hydrogen-bond acceptors (Lipinski definition) is 3. The summed E-state index contributed by atoms with van der Waals surface area (Å²) < 4.78 is 5.74. The number of nitrogens with zero attached hydrogens (tertiary/aromatic N) is 2. The van der Waals surface area contributed by atoms with Crippen LogP contribution in [-0.2, 0) is 0 Å². The molecule has 0 amide bonds. The molecule has 1 saturated heterocycles. The molecule has 1 heterocycles. The Bertz CT molecular complexity index is 431. The number of nitriles is 1. The zero-order valence-corrected chi connectivity index (χ0v) is 11.0. The second kappa shape index (κ2) is 6.42. The van der Waals surface area contributed by atoms with Gasteiger partial charge in [0.25, 0.3) is 0 Å². The van der Waals surface area contributed by atoms with Crippen LogP contribution in [0.25, 0.3) is 0 Å². The van der Waals surface area contributed by atoms with Gasteiger partial charge in [-0.25, -0.2) is 0 Å². The van der Waals surface area contributed by atoms with Gasteiger partial charge in [-0.15, -0.1) is 0 Å². The lowest BCUT2D eigenvalue weighted by Crippen LogP contribution is -2.33. The van der Waals surface area contributed by atoms with E-state index in [9.17, 15) is 0 Å². The average molecular weight is 244 g/mol. The first kappa shape index (κ1) is 12.9. The van der Waals surface area contributed by atoms with Crippen LogP contribution in [0.4, 0.5) is 0 Å². The van der Waals surface area contributed by atoms with Gasteiger partial charge >= 0.3 is 0 Å². The van der Waals surface area contributed by atoms with Crippen LogP contribution in [0, 0.1) is 18.3 Å². The van der Waals surface area contributed by atoms with Crippen molar-refractivity contribution in [1.82, 2.24) is 4.90 Å². The molecule has 96 valence electrons. The molecule has 1 aliphatic heterocycles. The molecule has 0 N–H and O–H groups in total. The summed E-state index contributed by atoms with van der Waals surface area (Å²) in [4.78, 5) is 2.46. The Morgan fingerprint density at radius 2 is 2.06 bits per heavy atom. The van der Waals surface area contributed by atoms with Gasteiger partial charge in [0.2, 0.25) is 0 Å². The fourth-order valence-corrected chi connectivity index (χ4v) is 2.33. The van der Waals surface area contributed by atoms with E-state index in [4.69, 9.17) is 10.00 Å². The third-order valence-electron chi connectivity index (χ3n) is 3.44. The zero-order chi connectivity index (χ0) is 12.8. The van der Waals surface area contributed by atoms with Gasteiger partial charge in [-0.05, 0) is 56.6 Å². The highest BCUT2D eigenvalue weighted by Crippen LogP contribution is 2.16. The largest absolute Gasteiger partial charge is 0.492 e. The van der Waals surface area contributed by atoms with Crippen molar-refractivity contribution in [3.63, 3.8) is 0 Å².